The van der Waals surface area contributed by atoms with Crippen LogP contribution in [0.15, 0.2) is 24.3 Å². The lowest BCUT2D eigenvalue weighted by Crippen LogP contribution is -2.28. The van der Waals surface area contributed by atoms with E-state index in [-0.39, 0.29) is 5.91 Å². The summed E-state index contributed by atoms with van der Waals surface area (Å²) in [6.45, 7) is 11.9. The van der Waals surface area contributed by atoms with Crippen molar-refractivity contribution in [2.75, 3.05) is 13.1 Å². The van der Waals surface area contributed by atoms with Crippen molar-refractivity contribution in [1.82, 2.24) is 4.90 Å². The third-order valence-corrected chi connectivity index (χ3v) is 3.12. The second kappa shape index (κ2) is 11.1. The largest absolute Gasteiger partial charge is 0.340 e. The van der Waals surface area contributed by atoms with Gasteiger partial charge in [-0.05, 0) is 52.0 Å². The highest BCUT2D eigenvalue weighted by Gasteiger charge is 2.03. The molecule has 0 aromatic heterocycles. The number of unbranched alkanes of at least 4 members (excludes halogenated alkanes) is 2. The van der Waals surface area contributed by atoms with E-state index in [0.717, 1.165) is 38.8 Å². The Bertz CT molecular complexity index is 264. The van der Waals surface area contributed by atoms with Crippen LogP contribution in [0.1, 0.15) is 59.3 Å². The summed E-state index contributed by atoms with van der Waals surface area (Å²) in [5, 5.41) is 0. The zero-order valence-corrected chi connectivity index (χ0v) is 12.4. The molecular weight excluding hydrogens is 222 g/mol. The number of allylic oxidation sites excluding steroid dienone is 2. The van der Waals surface area contributed by atoms with E-state index in [1.165, 1.54) is 18.4 Å². The third kappa shape index (κ3) is 8.10. The van der Waals surface area contributed by atoms with Crippen molar-refractivity contribution in [3.05, 3.63) is 24.3 Å². The fourth-order valence-electron chi connectivity index (χ4n) is 1.85. The molecule has 0 aliphatic carbocycles. The number of rotatable bonds is 10. The second-order valence-corrected chi connectivity index (χ2v) is 4.66. The van der Waals surface area contributed by atoms with Crippen LogP contribution >= 0.6 is 0 Å². The first-order chi connectivity index (χ1) is 8.65. The molecule has 0 spiro atoms. The molecule has 18 heavy (non-hydrogen) atoms. The van der Waals surface area contributed by atoms with Crippen LogP contribution in [-0.4, -0.2) is 23.9 Å². The van der Waals surface area contributed by atoms with Gasteiger partial charge < -0.3 is 4.90 Å². The molecule has 0 aromatic rings. The van der Waals surface area contributed by atoms with Crippen molar-refractivity contribution in [1.29, 1.82) is 0 Å². The van der Waals surface area contributed by atoms with Crippen molar-refractivity contribution in [2.24, 2.45) is 0 Å². The Morgan fingerprint density at radius 2 is 1.72 bits per heavy atom. The quantitative estimate of drug-likeness (QED) is 0.321. The molecule has 0 fully saturated rings. The smallest absolute Gasteiger partial charge is 0.246 e. The van der Waals surface area contributed by atoms with Gasteiger partial charge in [0.15, 0.2) is 0 Å². The highest BCUT2D eigenvalue weighted by Crippen LogP contribution is 2.12. The normalized spacial score (nSPS) is 10.8. The highest BCUT2D eigenvalue weighted by molar-refractivity contribution is 5.87. The topological polar surface area (TPSA) is 20.3 Å². The lowest BCUT2D eigenvalue weighted by molar-refractivity contribution is -0.125. The molecule has 0 saturated carbocycles. The van der Waals surface area contributed by atoms with Crippen LogP contribution in [-0.2, 0) is 4.79 Å². The van der Waals surface area contributed by atoms with E-state index in [1.54, 1.807) is 6.08 Å². The van der Waals surface area contributed by atoms with Gasteiger partial charge in [-0.25, -0.2) is 0 Å². The summed E-state index contributed by atoms with van der Waals surface area (Å²) < 4.78 is 0. The Kier molecular flexibility index (Phi) is 10.4. The van der Waals surface area contributed by atoms with Gasteiger partial charge in [0.1, 0.15) is 0 Å². The predicted molar refractivity (Wildman–Crippen MR) is 79.6 cm³/mol. The first-order valence-corrected chi connectivity index (χ1v) is 7.27. The van der Waals surface area contributed by atoms with Gasteiger partial charge in [-0.15, -0.1) is 0 Å². The number of likely N-dealkylation sites (N-methyl/N-ethyl adjacent to an activating group) is 1. The number of nitrogens with zero attached hydrogens (tertiary/aromatic N) is 1. The van der Waals surface area contributed by atoms with E-state index in [0.29, 0.717) is 0 Å². The minimum absolute atomic E-state index is 0.129. The van der Waals surface area contributed by atoms with Crippen molar-refractivity contribution < 1.29 is 4.79 Å². The van der Waals surface area contributed by atoms with Crippen LogP contribution in [0.2, 0.25) is 0 Å². The highest BCUT2D eigenvalue weighted by atomic mass is 16.2. The Morgan fingerprint density at radius 3 is 2.28 bits per heavy atom. The summed E-state index contributed by atoms with van der Waals surface area (Å²) in [4.78, 5) is 13.5. The Labute approximate surface area is 113 Å². The molecule has 0 aliphatic heterocycles. The van der Waals surface area contributed by atoms with Gasteiger partial charge in [0, 0.05) is 13.1 Å². The zero-order valence-electron chi connectivity index (χ0n) is 12.4. The fraction of sp³-hybridized carbons (Fsp3) is 0.688. The summed E-state index contributed by atoms with van der Waals surface area (Å²) in [6.07, 6.45) is 10.5. The molecule has 2 nitrogen and oxygen atoms in total. The molecule has 1 amide bonds. The Balaban J connectivity index is 3.71. The maximum absolute atomic E-state index is 11.7. The average Bonchev–Trinajstić information content (AvgIpc) is 2.37. The third-order valence-electron chi connectivity index (χ3n) is 3.12. The Morgan fingerprint density at radius 1 is 1.11 bits per heavy atom. The summed E-state index contributed by atoms with van der Waals surface area (Å²) in [5.74, 6) is 0.129. The number of hydrogen-bond donors (Lipinski definition) is 0. The number of carbonyl (C=O) groups is 1. The van der Waals surface area contributed by atoms with Gasteiger partial charge in [0.25, 0.3) is 0 Å². The Hall–Kier alpha value is -1.05. The van der Waals surface area contributed by atoms with Gasteiger partial charge in [-0.3, -0.25) is 4.79 Å². The van der Waals surface area contributed by atoms with E-state index in [1.807, 2.05) is 24.8 Å². The van der Waals surface area contributed by atoms with E-state index >= 15 is 0 Å². The van der Waals surface area contributed by atoms with Crippen LogP contribution in [0, 0.1) is 0 Å². The van der Waals surface area contributed by atoms with Gasteiger partial charge >= 0.3 is 0 Å². The molecule has 0 atom stereocenters. The van der Waals surface area contributed by atoms with Gasteiger partial charge in [-0.2, -0.15) is 0 Å². The van der Waals surface area contributed by atoms with Crippen LogP contribution < -0.4 is 0 Å². The lowest BCUT2D eigenvalue weighted by Gasteiger charge is -2.15. The molecule has 2 heteroatoms. The maximum Gasteiger partial charge on any atom is 0.246 e. The molecular formula is C16H29NO. The number of hydrogen-bond acceptors (Lipinski definition) is 1. The van der Waals surface area contributed by atoms with Crippen molar-refractivity contribution in [3.63, 3.8) is 0 Å². The standard InChI is InChI=1S/C16H29NO/c1-5-8-12-15(4)13-10-9-11-14-16(18)17(6-2)7-3/h11,14H,4-10,12-13H2,1-3H3/b14-11+. The monoisotopic (exact) mass is 251 g/mol. The molecule has 0 aromatic carbocycles. The summed E-state index contributed by atoms with van der Waals surface area (Å²) in [5.41, 5.74) is 1.35. The maximum atomic E-state index is 11.7. The number of amides is 1. The molecule has 0 aliphatic rings. The van der Waals surface area contributed by atoms with Gasteiger partial charge in [-0.1, -0.05) is 31.6 Å². The molecule has 0 radical (unpaired) electrons. The molecule has 0 N–H and O–H groups in total. The zero-order chi connectivity index (χ0) is 13.8. The predicted octanol–water partition coefficient (Wildman–Crippen LogP) is 4.33. The van der Waals surface area contributed by atoms with E-state index in [9.17, 15) is 4.79 Å². The molecule has 0 heterocycles. The van der Waals surface area contributed by atoms with Gasteiger partial charge in [0.2, 0.25) is 5.91 Å². The minimum Gasteiger partial charge on any atom is -0.340 e. The summed E-state index contributed by atoms with van der Waals surface area (Å²) in [6, 6.07) is 0. The van der Waals surface area contributed by atoms with Crippen molar-refractivity contribution in [3.8, 4) is 0 Å². The van der Waals surface area contributed by atoms with Crippen LogP contribution in [0.5, 0.6) is 0 Å². The summed E-state index contributed by atoms with van der Waals surface area (Å²) >= 11 is 0. The van der Waals surface area contributed by atoms with E-state index in [2.05, 4.69) is 13.5 Å². The van der Waals surface area contributed by atoms with Crippen LogP contribution in [0.25, 0.3) is 0 Å². The molecule has 0 unspecified atom stereocenters. The molecule has 0 bridgehead atoms. The second-order valence-electron chi connectivity index (χ2n) is 4.66. The van der Waals surface area contributed by atoms with Crippen LogP contribution in [0.4, 0.5) is 0 Å². The van der Waals surface area contributed by atoms with Crippen molar-refractivity contribution in [2.45, 2.75) is 59.3 Å². The molecule has 0 saturated heterocycles. The van der Waals surface area contributed by atoms with E-state index in [4.69, 9.17) is 0 Å². The minimum atomic E-state index is 0.129. The fourth-order valence-corrected chi connectivity index (χ4v) is 1.85. The summed E-state index contributed by atoms with van der Waals surface area (Å²) in [7, 11) is 0. The first kappa shape index (κ1) is 16.9. The van der Waals surface area contributed by atoms with Crippen LogP contribution in [0.3, 0.4) is 0 Å². The van der Waals surface area contributed by atoms with Gasteiger partial charge in [0.05, 0.1) is 0 Å². The molecule has 104 valence electrons. The van der Waals surface area contributed by atoms with E-state index < -0.39 is 0 Å². The molecule has 0 rings (SSSR count). The number of carbonyl (C=O) groups excluding carboxylic acids is 1. The lowest BCUT2D eigenvalue weighted by atomic mass is 10.0. The van der Waals surface area contributed by atoms with Crippen molar-refractivity contribution >= 4 is 5.91 Å². The average molecular weight is 251 g/mol. The first-order valence-electron chi connectivity index (χ1n) is 7.27. The SMILES string of the molecule is C=C(CCCC)CCC/C=C/C(=O)N(CC)CC.